The number of hydrogen-bond donors (Lipinski definition) is 1. The number of nitrogens with two attached hydrogens (primary N) is 1. The molecule has 2 N–H and O–H groups in total. The van der Waals surface area contributed by atoms with E-state index >= 15 is 0 Å². The minimum Gasteiger partial charge on any atom is -0.329 e. The molecule has 3 rings (SSSR count). The fourth-order valence-corrected chi connectivity index (χ4v) is 2.77. The van der Waals surface area contributed by atoms with Gasteiger partial charge in [-0.3, -0.25) is 4.90 Å². The Morgan fingerprint density at radius 1 is 1.17 bits per heavy atom. The zero-order chi connectivity index (χ0) is 12.4. The highest BCUT2D eigenvalue weighted by Gasteiger charge is 2.16. The van der Waals surface area contributed by atoms with Crippen molar-refractivity contribution in [2.75, 3.05) is 19.6 Å². The molecule has 0 aliphatic carbocycles. The fraction of sp³-hybridized carbons (Fsp3) is 0.500. The molecule has 96 valence electrons. The molecular formula is C14H20N4. The topological polar surface area (TPSA) is 47.1 Å². The molecule has 1 aromatic heterocycles. The summed E-state index contributed by atoms with van der Waals surface area (Å²) in [5.74, 6) is 1.16. The van der Waals surface area contributed by atoms with Gasteiger partial charge in [-0.25, -0.2) is 4.98 Å². The Morgan fingerprint density at radius 2 is 1.94 bits per heavy atom. The van der Waals surface area contributed by atoms with Crippen molar-refractivity contribution in [1.29, 1.82) is 0 Å². The summed E-state index contributed by atoms with van der Waals surface area (Å²) in [5, 5.41) is 0. The van der Waals surface area contributed by atoms with Gasteiger partial charge >= 0.3 is 0 Å². The van der Waals surface area contributed by atoms with Crippen molar-refractivity contribution in [3.05, 3.63) is 30.1 Å². The van der Waals surface area contributed by atoms with E-state index in [4.69, 9.17) is 10.7 Å². The number of hydrogen-bond acceptors (Lipinski definition) is 3. The molecule has 4 nitrogen and oxygen atoms in total. The van der Waals surface area contributed by atoms with E-state index < -0.39 is 0 Å². The second-order valence-corrected chi connectivity index (χ2v) is 4.94. The summed E-state index contributed by atoms with van der Waals surface area (Å²) in [6.45, 7) is 4.86. The van der Waals surface area contributed by atoms with Crippen LogP contribution in [-0.4, -0.2) is 34.1 Å². The highest BCUT2D eigenvalue weighted by molar-refractivity contribution is 5.75. The SMILES string of the molecule is NCCn1c(CN2CCCC2)nc2ccccc21. The summed E-state index contributed by atoms with van der Waals surface area (Å²) in [6, 6.07) is 8.32. The Bertz CT molecular complexity index is 526. The highest BCUT2D eigenvalue weighted by Crippen LogP contribution is 2.18. The molecule has 0 bridgehead atoms. The van der Waals surface area contributed by atoms with Gasteiger partial charge < -0.3 is 10.3 Å². The number of imidazole rings is 1. The lowest BCUT2D eigenvalue weighted by atomic mass is 10.3. The van der Waals surface area contributed by atoms with Crippen LogP contribution in [0.1, 0.15) is 18.7 Å². The summed E-state index contributed by atoms with van der Waals surface area (Å²) in [5.41, 5.74) is 8.01. The summed E-state index contributed by atoms with van der Waals surface area (Å²) >= 11 is 0. The zero-order valence-electron chi connectivity index (χ0n) is 10.7. The van der Waals surface area contributed by atoms with E-state index in [0.717, 1.165) is 24.4 Å². The first kappa shape index (κ1) is 11.7. The summed E-state index contributed by atoms with van der Waals surface area (Å²) < 4.78 is 2.27. The number of para-hydroxylation sites is 2. The third-order valence-corrected chi connectivity index (χ3v) is 3.65. The van der Waals surface area contributed by atoms with Gasteiger partial charge in [0.05, 0.1) is 17.6 Å². The predicted molar refractivity (Wildman–Crippen MR) is 73.3 cm³/mol. The summed E-state index contributed by atoms with van der Waals surface area (Å²) in [7, 11) is 0. The monoisotopic (exact) mass is 244 g/mol. The van der Waals surface area contributed by atoms with Gasteiger partial charge in [0.1, 0.15) is 5.82 Å². The lowest BCUT2D eigenvalue weighted by Crippen LogP contribution is -2.22. The average Bonchev–Trinajstić information content (AvgIpc) is 3.00. The van der Waals surface area contributed by atoms with Crippen LogP contribution in [0.5, 0.6) is 0 Å². The molecule has 1 aliphatic rings. The standard InChI is InChI=1S/C14H20N4/c15-7-10-18-13-6-2-1-5-12(13)16-14(18)11-17-8-3-4-9-17/h1-2,5-6H,3-4,7-11,15H2. The van der Waals surface area contributed by atoms with Crippen LogP contribution in [0.2, 0.25) is 0 Å². The molecule has 1 saturated heterocycles. The Balaban J connectivity index is 1.95. The normalized spacial score (nSPS) is 16.7. The Kier molecular flexibility index (Phi) is 3.30. The first-order valence-corrected chi connectivity index (χ1v) is 6.75. The van der Waals surface area contributed by atoms with Gasteiger partial charge in [-0.2, -0.15) is 0 Å². The zero-order valence-corrected chi connectivity index (χ0v) is 10.7. The van der Waals surface area contributed by atoms with Crippen LogP contribution in [0.15, 0.2) is 24.3 Å². The van der Waals surface area contributed by atoms with Gasteiger partial charge in [-0.1, -0.05) is 12.1 Å². The molecule has 1 aliphatic heterocycles. The largest absolute Gasteiger partial charge is 0.329 e. The van der Waals surface area contributed by atoms with Gasteiger partial charge in [0.15, 0.2) is 0 Å². The van der Waals surface area contributed by atoms with Crippen LogP contribution in [0.25, 0.3) is 11.0 Å². The number of nitrogens with zero attached hydrogens (tertiary/aromatic N) is 3. The van der Waals surface area contributed by atoms with Crippen LogP contribution in [-0.2, 0) is 13.1 Å². The van der Waals surface area contributed by atoms with Crippen molar-refractivity contribution in [3.8, 4) is 0 Å². The van der Waals surface area contributed by atoms with Gasteiger partial charge in [-0.15, -0.1) is 0 Å². The molecule has 0 spiro atoms. The molecule has 0 radical (unpaired) electrons. The molecule has 2 heterocycles. The second-order valence-electron chi connectivity index (χ2n) is 4.94. The molecule has 0 unspecified atom stereocenters. The van der Waals surface area contributed by atoms with E-state index in [1.54, 1.807) is 0 Å². The quantitative estimate of drug-likeness (QED) is 0.888. The van der Waals surface area contributed by atoms with E-state index in [1.807, 2.05) is 6.07 Å². The van der Waals surface area contributed by atoms with E-state index in [2.05, 4.69) is 27.7 Å². The van der Waals surface area contributed by atoms with Crippen LogP contribution in [0.4, 0.5) is 0 Å². The minimum atomic E-state index is 0.660. The molecule has 0 atom stereocenters. The second kappa shape index (κ2) is 5.08. The van der Waals surface area contributed by atoms with Crippen LogP contribution < -0.4 is 5.73 Å². The van der Waals surface area contributed by atoms with Gasteiger partial charge in [0.25, 0.3) is 0 Å². The number of benzene rings is 1. The Morgan fingerprint density at radius 3 is 2.72 bits per heavy atom. The van der Waals surface area contributed by atoms with Gasteiger partial charge in [0, 0.05) is 13.1 Å². The van der Waals surface area contributed by atoms with Crippen LogP contribution >= 0.6 is 0 Å². The Labute approximate surface area is 107 Å². The fourth-order valence-electron chi connectivity index (χ4n) is 2.77. The first-order chi connectivity index (χ1) is 8.88. The molecular weight excluding hydrogens is 224 g/mol. The third-order valence-electron chi connectivity index (χ3n) is 3.65. The van der Waals surface area contributed by atoms with Gasteiger partial charge in [0.2, 0.25) is 0 Å². The van der Waals surface area contributed by atoms with E-state index in [1.165, 1.54) is 31.4 Å². The molecule has 0 saturated carbocycles. The number of rotatable bonds is 4. The summed E-state index contributed by atoms with van der Waals surface area (Å²) in [4.78, 5) is 7.24. The third kappa shape index (κ3) is 2.13. The molecule has 2 aromatic rings. The van der Waals surface area contributed by atoms with Crippen molar-refractivity contribution >= 4 is 11.0 Å². The lowest BCUT2D eigenvalue weighted by Gasteiger charge is -2.15. The molecule has 18 heavy (non-hydrogen) atoms. The van der Waals surface area contributed by atoms with Crippen molar-refractivity contribution in [3.63, 3.8) is 0 Å². The van der Waals surface area contributed by atoms with E-state index in [-0.39, 0.29) is 0 Å². The maximum absolute atomic E-state index is 5.73. The lowest BCUT2D eigenvalue weighted by molar-refractivity contribution is 0.317. The highest BCUT2D eigenvalue weighted by atomic mass is 15.2. The number of likely N-dealkylation sites (tertiary alicyclic amines) is 1. The van der Waals surface area contributed by atoms with Crippen molar-refractivity contribution in [2.24, 2.45) is 5.73 Å². The maximum atomic E-state index is 5.73. The number of fused-ring (bicyclic) bond motifs is 1. The molecule has 1 fully saturated rings. The van der Waals surface area contributed by atoms with Crippen molar-refractivity contribution in [2.45, 2.75) is 25.9 Å². The van der Waals surface area contributed by atoms with Crippen molar-refractivity contribution < 1.29 is 0 Å². The number of aromatic nitrogens is 2. The molecule has 4 heteroatoms. The van der Waals surface area contributed by atoms with Crippen molar-refractivity contribution in [1.82, 2.24) is 14.5 Å². The van der Waals surface area contributed by atoms with Crippen LogP contribution in [0, 0.1) is 0 Å². The minimum absolute atomic E-state index is 0.660. The summed E-state index contributed by atoms with van der Waals surface area (Å²) in [6.07, 6.45) is 2.63. The molecule has 1 aromatic carbocycles. The first-order valence-electron chi connectivity index (χ1n) is 6.75. The smallest absolute Gasteiger partial charge is 0.124 e. The van der Waals surface area contributed by atoms with Gasteiger partial charge in [-0.05, 0) is 38.1 Å². The molecule has 0 amide bonds. The van der Waals surface area contributed by atoms with E-state index in [9.17, 15) is 0 Å². The van der Waals surface area contributed by atoms with E-state index in [0.29, 0.717) is 6.54 Å². The predicted octanol–water partition coefficient (Wildman–Crippen LogP) is 1.59. The van der Waals surface area contributed by atoms with Crippen LogP contribution in [0.3, 0.4) is 0 Å². The Hall–Kier alpha value is -1.39. The average molecular weight is 244 g/mol. The maximum Gasteiger partial charge on any atom is 0.124 e.